The van der Waals surface area contributed by atoms with Crippen molar-refractivity contribution in [3.8, 4) is 0 Å². The molecule has 28 heavy (non-hydrogen) atoms. The third-order valence-electron chi connectivity index (χ3n) is 7.66. The zero-order valence-corrected chi connectivity index (χ0v) is 17.1. The van der Waals surface area contributed by atoms with Crippen LogP contribution in [0.5, 0.6) is 0 Å². The highest BCUT2D eigenvalue weighted by Gasteiger charge is 2.56. The molecule has 4 bridgehead atoms. The topological polar surface area (TPSA) is 49.4 Å². The summed E-state index contributed by atoms with van der Waals surface area (Å²) in [4.78, 5) is 28.5. The Labute approximate surface area is 172 Å². The minimum atomic E-state index is -0.306. The molecule has 1 N–H and O–H groups in total. The molecule has 0 aromatic heterocycles. The summed E-state index contributed by atoms with van der Waals surface area (Å²) in [5.41, 5.74) is 0.822. The van der Waals surface area contributed by atoms with E-state index in [4.69, 9.17) is 11.6 Å². The second-order valence-corrected chi connectivity index (χ2v) is 10.1. The van der Waals surface area contributed by atoms with E-state index in [0.29, 0.717) is 11.6 Å². The second-order valence-electron chi connectivity index (χ2n) is 9.70. The van der Waals surface area contributed by atoms with Gasteiger partial charge in [0.15, 0.2) is 0 Å². The number of amides is 2. The Morgan fingerprint density at radius 2 is 1.79 bits per heavy atom. The summed E-state index contributed by atoms with van der Waals surface area (Å²) in [6.45, 7) is 1.19. The van der Waals surface area contributed by atoms with E-state index < -0.39 is 0 Å². The van der Waals surface area contributed by atoms with Crippen molar-refractivity contribution in [1.29, 1.82) is 0 Å². The first-order valence-electron chi connectivity index (χ1n) is 10.9. The number of carbonyl (C=O) groups is 2. The van der Waals surface area contributed by atoms with Crippen molar-refractivity contribution in [2.45, 2.75) is 64.0 Å². The van der Waals surface area contributed by atoms with Crippen LogP contribution < -0.4 is 5.32 Å². The number of likely N-dealkylation sites (tertiary alicyclic amines) is 1. The largest absolute Gasteiger partial charge is 0.350 e. The summed E-state index contributed by atoms with van der Waals surface area (Å²) in [5.74, 6) is 2.50. The van der Waals surface area contributed by atoms with Crippen LogP contribution in [0.1, 0.15) is 56.9 Å². The van der Waals surface area contributed by atoms with E-state index in [2.05, 4.69) is 5.32 Å². The van der Waals surface area contributed by atoms with Crippen LogP contribution in [0.25, 0.3) is 0 Å². The van der Waals surface area contributed by atoms with Crippen LogP contribution in [0.3, 0.4) is 0 Å². The highest BCUT2D eigenvalue weighted by atomic mass is 35.5. The fraction of sp³-hybridized carbons (Fsp3) is 0.652. The predicted octanol–water partition coefficient (Wildman–Crippen LogP) is 4.16. The van der Waals surface area contributed by atoms with Crippen molar-refractivity contribution in [3.63, 3.8) is 0 Å². The molecule has 4 nitrogen and oxygen atoms in total. The Balaban J connectivity index is 1.27. The van der Waals surface area contributed by atoms with Gasteiger partial charge in [0.1, 0.15) is 6.04 Å². The molecule has 1 aromatic carbocycles. The van der Waals surface area contributed by atoms with Crippen molar-refractivity contribution in [3.05, 3.63) is 34.9 Å². The number of hydrogen-bond donors (Lipinski definition) is 1. The highest BCUT2D eigenvalue weighted by molar-refractivity contribution is 6.30. The Kier molecular flexibility index (Phi) is 4.65. The molecule has 4 saturated carbocycles. The summed E-state index contributed by atoms with van der Waals surface area (Å²) in [6.07, 6.45) is 8.87. The fourth-order valence-corrected chi connectivity index (χ4v) is 7.13. The molecule has 6 rings (SSSR count). The maximum Gasteiger partial charge on any atom is 0.243 e. The first-order chi connectivity index (χ1) is 13.5. The zero-order chi connectivity index (χ0) is 19.3. The van der Waals surface area contributed by atoms with Crippen molar-refractivity contribution in [2.75, 3.05) is 6.54 Å². The molecule has 0 radical (unpaired) electrons. The molecular formula is C23H29ClN2O2. The predicted molar refractivity (Wildman–Crippen MR) is 109 cm³/mol. The molecule has 1 aliphatic heterocycles. The molecule has 4 aliphatic carbocycles. The van der Waals surface area contributed by atoms with E-state index in [0.717, 1.165) is 62.0 Å². The minimum Gasteiger partial charge on any atom is -0.350 e. The lowest BCUT2D eigenvalue weighted by atomic mass is 9.49. The van der Waals surface area contributed by atoms with Crippen LogP contribution in [-0.4, -0.2) is 29.3 Å². The van der Waals surface area contributed by atoms with Crippen molar-refractivity contribution in [1.82, 2.24) is 10.2 Å². The van der Waals surface area contributed by atoms with Gasteiger partial charge in [0.25, 0.3) is 0 Å². The van der Waals surface area contributed by atoms with Gasteiger partial charge in [-0.2, -0.15) is 0 Å². The summed E-state index contributed by atoms with van der Waals surface area (Å²) >= 11 is 6.04. The fourth-order valence-electron chi connectivity index (χ4n) is 6.91. The van der Waals surface area contributed by atoms with E-state index in [1.54, 1.807) is 0 Å². The van der Waals surface area contributed by atoms with E-state index >= 15 is 0 Å². The van der Waals surface area contributed by atoms with E-state index in [9.17, 15) is 9.59 Å². The van der Waals surface area contributed by atoms with Gasteiger partial charge in [-0.1, -0.05) is 23.7 Å². The average molecular weight is 401 g/mol. The summed E-state index contributed by atoms with van der Waals surface area (Å²) in [5, 5.41) is 3.71. The highest BCUT2D eigenvalue weighted by Crippen LogP contribution is 2.60. The Hall–Kier alpha value is -1.55. The van der Waals surface area contributed by atoms with E-state index in [1.807, 2.05) is 29.2 Å². The van der Waals surface area contributed by atoms with Crippen LogP contribution in [0.2, 0.25) is 5.02 Å². The van der Waals surface area contributed by atoms with Crippen molar-refractivity contribution < 1.29 is 9.59 Å². The number of carbonyl (C=O) groups excluding carboxylic acids is 2. The van der Waals surface area contributed by atoms with Crippen LogP contribution in [0, 0.1) is 23.2 Å². The molecule has 5 aliphatic rings. The number of nitrogens with zero attached hydrogens (tertiary/aromatic N) is 1. The summed E-state index contributed by atoms with van der Waals surface area (Å²) < 4.78 is 0. The van der Waals surface area contributed by atoms with Gasteiger partial charge in [0.05, 0.1) is 5.41 Å². The maximum atomic E-state index is 13.7. The lowest BCUT2D eigenvalue weighted by Crippen LogP contribution is -2.57. The van der Waals surface area contributed by atoms with Gasteiger partial charge in [0, 0.05) is 18.1 Å². The first kappa shape index (κ1) is 18.5. The molecule has 1 heterocycles. The number of hydrogen-bond acceptors (Lipinski definition) is 2. The smallest absolute Gasteiger partial charge is 0.243 e. The van der Waals surface area contributed by atoms with Crippen molar-refractivity contribution >= 4 is 23.4 Å². The van der Waals surface area contributed by atoms with Crippen LogP contribution in [-0.2, 0) is 16.1 Å². The molecular weight excluding hydrogens is 372 g/mol. The molecule has 0 spiro atoms. The number of rotatable bonds is 4. The summed E-state index contributed by atoms with van der Waals surface area (Å²) in [6, 6.07) is 7.24. The maximum absolute atomic E-state index is 13.7. The molecule has 1 aromatic rings. The Morgan fingerprint density at radius 3 is 2.43 bits per heavy atom. The minimum absolute atomic E-state index is 0.0180. The molecule has 5 heteroatoms. The van der Waals surface area contributed by atoms with E-state index in [1.165, 1.54) is 19.3 Å². The molecule has 5 fully saturated rings. The Morgan fingerprint density at radius 1 is 1.11 bits per heavy atom. The van der Waals surface area contributed by atoms with Gasteiger partial charge in [0.2, 0.25) is 11.8 Å². The standard InChI is InChI=1S/C23H29ClN2O2/c24-19-4-1-3-15(10-19)14-25-21(27)20-5-2-6-26(20)22(28)23-11-16-7-17(12-23)9-18(8-16)13-23/h1,3-4,10,16-18,20H,2,5-9,11-14H2,(H,25,27)/t16?,17?,18?,20-,23?/m0/s1. The number of halogens is 1. The van der Waals surface area contributed by atoms with Gasteiger partial charge in [-0.25, -0.2) is 0 Å². The molecule has 0 unspecified atom stereocenters. The Bertz CT molecular complexity index is 757. The SMILES string of the molecule is O=C(NCc1cccc(Cl)c1)[C@@H]1CCCN1C(=O)C12CC3CC(CC(C3)C1)C2. The van der Waals surface area contributed by atoms with E-state index in [-0.39, 0.29) is 23.3 Å². The van der Waals surface area contributed by atoms with Gasteiger partial charge in [-0.3, -0.25) is 9.59 Å². The lowest BCUT2D eigenvalue weighted by molar-refractivity contribution is -0.160. The molecule has 1 atom stereocenters. The van der Waals surface area contributed by atoms with Crippen LogP contribution in [0.4, 0.5) is 0 Å². The quantitative estimate of drug-likeness (QED) is 0.824. The normalized spacial score (nSPS) is 36.0. The van der Waals surface area contributed by atoms with Gasteiger partial charge in [-0.05, 0) is 86.8 Å². The van der Waals surface area contributed by atoms with Gasteiger partial charge < -0.3 is 10.2 Å². The zero-order valence-electron chi connectivity index (χ0n) is 16.3. The van der Waals surface area contributed by atoms with Gasteiger partial charge in [-0.15, -0.1) is 0 Å². The average Bonchev–Trinajstić information content (AvgIpc) is 3.14. The van der Waals surface area contributed by atoms with Crippen LogP contribution >= 0.6 is 11.6 Å². The van der Waals surface area contributed by atoms with Crippen molar-refractivity contribution in [2.24, 2.45) is 23.2 Å². The van der Waals surface area contributed by atoms with Crippen LogP contribution in [0.15, 0.2) is 24.3 Å². The monoisotopic (exact) mass is 400 g/mol. The first-order valence-corrected chi connectivity index (χ1v) is 11.2. The molecule has 2 amide bonds. The number of benzene rings is 1. The molecule has 1 saturated heterocycles. The summed E-state index contributed by atoms with van der Waals surface area (Å²) in [7, 11) is 0. The molecule has 150 valence electrons. The second kappa shape index (κ2) is 7.05. The lowest BCUT2D eigenvalue weighted by Gasteiger charge is -2.56. The van der Waals surface area contributed by atoms with Gasteiger partial charge >= 0.3 is 0 Å². The number of nitrogens with one attached hydrogen (secondary N) is 1. The third-order valence-corrected chi connectivity index (χ3v) is 7.90. The third kappa shape index (κ3) is 3.24.